The molecule has 6 heteroatoms. The molecule has 0 amide bonds. The van der Waals surface area contributed by atoms with Crippen molar-refractivity contribution in [1.82, 2.24) is 14.9 Å². The van der Waals surface area contributed by atoms with Gasteiger partial charge in [0.1, 0.15) is 15.8 Å². The van der Waals surface area contributed by atoms with Crippen LogP contribution in [-0.2, 0) is 11.3 Å². The largest absolute Gasteiger partial charge is 0.384 e. The third kappa shape index (κ3) is 2.89. The maximum Gasteiger partial charge on any atom is 0.145 e. The third-order valence-electron chi connectivity index (χ3n) is 3.46. The molecule has 4 nitrogen and oxygen atoms in total. The number of hydrogen-bond acceptors (Lipinski definition) is 5. The Morgan fingerprint density at radius 1 is 1.53 bits per heavy atom. The molecule has 0 aromatic carbocycles. The van der Waals surface area contributed by atoms with E-state index in [0.717, 1.165) is 42.3 Å². The fourth-order valence-electron chi connectivity index (χ4n) is 2.56. The second kappa shape index (κ2) is 5.71. The van der Waals surface area contributed by atoms with E-state index in [4.69, 9.17) is 16.3 Å². The summed E-state index contributed by atoms with van der Waals surface area (Å²) in [6.45, 7) is 3.74. The van der Waals surface area contributed by atoms with E-state index in [1.165, 1.54) is 6.42 Å². The Morgan fingerprint density at radius 2 is 2.42 bits per heavy atom. The van der Waals surface area contributed by atoms with E-state index >= 15 is 0 Å². The van der Waals surface area contributed by atoms with Gasteiger partial charge in [-0.2, -0.15) is 0 Å². The molecule has 1 fully saturated rings. The van der Waals surface area contributed by atoms with Gasteiger partial charge < -0.3 is 4.74 Å². The first-order chi connectivity index (χ1) is 9.26. The zero-order valence-corrected chi connectivity index (χ0v) is 12.4. The van der Waals surface area contributed by atoms with E-state index in [1.807, 2.05) is 11.4 Å². The lowest BCUT2D eigenvalue weighted by Gasteiger charge is -2.14. The van der Waals surface area contributed by atoms with Gasteiger partial charge in [-0.15, -0.1) is 11.3 Å². The highest BCUT2D eigenvalue weighted by molar-refractivity contribution is 7.16. The summed E-state index contributed by atoms with van der Waals surface area (Å²) in [7, 11) is 1.76. The summed E-state index contributed by atoms with van der Waals surface area (Å²) in [5, 5.41) is 3.52. The molecule has 2 aromatic heterocycles. The van der Waals surface area contributed by atoms with Crippen molar-refractivity contribution in [3.8, 4) is 0 Å². The monoisotopic (exact) mass is 297 g/mol. The third-order valence-corrected chi connectivity index (χ3v) is 4.56. The average Bonchev–Trinajstić information content (AvgIpc) is 2.99. The highest BCUT2D eigenvalue weighted by Gasteiger charge is 2.23. The fraction of sp³-hybridized carbons (Fsp3) is 0.538. The van der Waals surface area contributed by atoms with Crippen LogP contribution in [0, 0.1) is 5.92 Å². The molecule has 0 aliphatic carbocycles. The molecular formula is C13H16ClN3OS. The van der Waals surface area contributed by atoms with Gasteiger partial charge in [0.05, 0.1) is 13.2 Å². The summed E-state index contributed by atoms with van der Waals surface area (Å²) < 4.78 is 5.21. The van der Waals surface area contributed by atoms with Crippen molar-refractivity contribution in [3.63, 3.8) is 0 Å². The van der Waals surface area contributed by atoms with E-state index in [9.17, 15) is 0 Å². The summed E-state index contributed by atoms with van der Waals surface area (Å²) >= 11 is 7.79. The summed E-state index contributed by atoms with van der Waals surface area (Å²) in [5.74, 6) is 1.45. The van der Waals surface area contributed by atoms with Crippen molar-refractivity contribution in [2.75, 3.05) is 26.8 Å². The molecule has 0 spiro atoms. The Kier molecular flexibility index (Phi) is 3.98. The van der Waals surface area contributed by atoms with Crippen LogP contribution in [-0.4, -0.2) is 41.7 Å². The topological polar surface area (TPSA) is 38.2 Å². The van der Waals surface area contributed by atoms with Gasteiger partial charge in [0.25, 0.3) is 0 Å². The highest BCUT2D eigenvalue weighted by atomic mass is 35.5. The van der Waals surface area contributed by atoms with Crippen LogP contribution in [0.1, 0.15) is 12.2 Å². The maximum atomic E-state index is 6.18. The average molecular weight is 298 g/mol. The van der Waals surface area contributed by atoms with Crippen LogP contribution < -0.4 is 0 Å². The van der Waals surface area contributed by atoms with Crippen LogP contribution in [0.3, 0.4) is 0 Å². The highest BCUT2D eigenvalue weighted by Crippen LogP contribution is 2.26. The first kappa shape index (κ1) is 13.2. The fourth-order valence-corrected chi connectivity index (χ4v) is 3.65. The molecule has 2 aromatic rings. The van der Waals surface area contributed by atoms with Crippen LogP contribution in [0.5, 0.6) is 0 Å². The molecule has 1 saturated heterocycles. The van der Waals surface area contributed by atoms with E-state index in [0.29, 0.717) is 11.1 Å². The Morgan fingerprint density at radius 3 is 3.26 bits per heavy atom. The quantitative estimate of drug-likeness (QED) is 0.814. The summed E-state index contributed by atoms with van der Waals surface area (Å²) in [6, 6.07) is 1.97. The van der Waals surface area contributed by atoms with E-state index in [2.05, 4.69) is 14.9 Å². The molecule has 3 rings (SSSR count). The Hall–Kier alpha value is -0.750. The maximum absolute atomic E-state index is 6.18. The number of ether oxygens (including phenoxy) is 1. The van der Waals surface area contributed by atoms with Gasteiger partial charge in [-0.3, -0.25) is 4.90 Å². The minimum absolute atomic E-state index is 0.564. The molecule has 1 atom stereocenters. The second-order valence-corrected chi connectivity index (χ2v) is 6.17. The van der Waals surface area contributed by atoms with Gasteiger partial charge in [-0.05, 0) is 30.3 Å². The Bertz CT molecular complexity index is 574. The lowest BCUT2D eigenvalue weighted by atomic mass is 10.1. The number of nitrogens with zero attached hydrogens (tertiary/aromatic N) is 3. The van der Waals surface area contributed by atoms with Crippen molar-refractivity contribution in [2.24, 2.45) is 5.92 Å². The van der Waals surface area contributed by atoms with Gasteiger partial charge in [-0.25, -0.2) is 9.97 Å². The number of halogens is 1. The van der Waals surface area contributed by atoms with Gasteiger partial charge in [0.15, 0.2) is 0 Å². The molecular weight excluding hydrogens is 282 g/mol. The van der Waals surface area contributed by atoms with Gasteiger partial charge in [0.2, 0.25) is 0 Å². The first-order valence-electron chi connectivity index (χ1n) is 6.37. The van der Waals surface area contributed by atoms with Crippen molar-refractivity contribution in [1.29, 1.82) is 0 Å². The van der Waals surface area contributed by atoms with Gasteiger partial charge in [0, 0.05) is 19.0 Å². The SMILES string of the molecule is COCC1CCN(Cc2nc(Cl)c3ccsc3n2)C1. The molecule has 102 valence electrons. The molecule has 0 N–H and O–H groups in total. The smallest absolute Gasteiger partial charge is 0.145 e. The van der Waals surface area contributed by atoms with E-state index < -0.39 is 0 Å². The van der Waals surface area contributed by atoms with Crippen LogP contribution >= 0.6 is 22.9 Å². The Labute approximate surface area is 121 Å². The second-order valence-electron chi connectivity index (χ2n) is 4.92. The minimum atomic E-state index is 0.564. The molecule has 19 heavy (non-hydrogen) atoms. The summed E-state index contributed by atoms with van der Waals surface area (Å²) in [5.41, 5.74) is 0. The van der Waals surface area contributed by atoms with Crippen LogP contribution in [0.4, 0.5) is 0 Å². The van der Waals surface area contributed by atoms with E-state index in [-0.39, 0.29) is 0 Å². The van der Waals surface area contributed by atoms with Crippen LogP contribution in [0.25, 0.3) is 10.2 Å². The zero-order chi connectivity index (χ0) is 13.2. The van der Waals surface area contributed by atoms with Crippen molar-refractivity contribution >= 4 is 33.2 Å². The lowest BCUT2D eigenvalue weighted by Crippen LogP contribution is -2.22. The van der Waals surface area contributed by atoms with Crippen LogP contribution in [0.2, 0.25) is 5.15 Å². The summed E-state index contributed by atoms with van der Waals surface area (Å²) in [6.07, 6.45) is 1.18. The number of hydrogen-bond donors (Lipinski definition) is 0. The number of fused-ring (bicyclic) bond motifs is 1. The van der Waals surface area contributed by atoms with Gasteiger partial charge in [-0.1, -0.05) is 11.6 Å². The number of thiophene rings is 1. The first-order valence-corrected chi connectivity index (χ1v) is 7.63. The molecule has 0 bridgehead atoms. The standard InChI is InChI=1S/C13H16ClN3OS/c1-18-8-9-2-4-17(6-9)7-11-15-12(14)10-3-5-19-13(10)16-11/h3,5,9H,2,4,6-8H2,1H3. The number of rotatable bonds is 4. The zero-order valence-electron chi connectivity index (χ0n) is 10.8. The number of aromatic nitrogens is 2. The minimum Gasteiger partial charge on any atom is -0.384 e. The molecule has 0 saturated carbocycles. The predicted octanol–water partition coefficient (Wildman–Crippen LogP) is 2.81. The van der Waals surface area contributed by atoms with Crippen molar-refractivity contribution in [2.45, 2.75) is 13.0 Å². The molecule has 1 aliphatic heterocycles. The van der Waals surface area contributed by atoms with Crippen LogP contribution in [0.15, 0.2) is 11.4 Å². The molecule has 0 radical (unpaired) electrons. The predicted molar refractivity (Wildman–Crippen MR) is 77.7 cm³/mol. The van der Waals surface area contributed by atoms with Crippen molar-refractivity contribution < 1.29 is 4.74 Å². The molecule has 1 aliphatic rings. The van der Waals surface area contributed by atoms with Crippen molar-refractivity contribution in [3.05, 3.63) is 22.4 Å². The van der Waals surface area contributed by atoms with Gasteiger partial charge >= 0.3 is 0 Å². The summed E-state index contributed by atoms with van der Waals surface area (Å²) in [4.78, 5) is 12.3. The number of methoxy groups -OCH3 is 1. The Balaban J connectivity index is 1.71. The molecule has 1 unspecified atom stereocenters. The normalized spacial score (nSPS) is 20.4. The number of likely N-dealkylation sites (tertiary alicyclic amines) is 1. The lowest BCUT2D eigenvalue weighted by molar-refractivity contribution is 0.152. The molecule has 3 heterocycles. The van der Waals surface area contributed by atoms with E-state index in [1.54, 1.807) is 18.4 Å².